The predicted molar refractivity (Wildman–Crippen MR) is 144 cm³/mol. The van der Waals surface area contributed by atoms with Gasteiger partial charge in [0.1, 0.15) is 16.6 Å². The Balaban J connectivity index is 1.31. The first-order valence-electron chi connectivity index (χ1n) is 11.8. The molecule has 5 N–H and O–H groups in total. The Morgan fingerprint density at radius 1 is 1.11 bits per heavy atom. The number of thiophene rings is 1. The van der Waals surface area contributed by atoms with E-state index in [1.54, 1.807) is 18.3 Å². The largest absolute Gasteiger partial charge is 0.379 e. The summed E-state index contributed by atoms with van der Waals surface area (Å²) in [6.07, 6.45) is 1.71. The first-order valence-corrected chi connectivity index (χ1v) is 14.5. The van der Waals surface area contributed by atoms with E-state index in [-0.39, 0.29) is 0 Å². The summed E-state index contributed by atoms with van der Waals surface area (Å²) in [5.74, 6) is 1.60. The van der Waals surface area contributed by atoms with Gasteiger partial charge >= 0.3 is 0 Å². The second-order valence-electron chi connectivity index (χ2n) is 8.83. The zero-order valence-corrected chi connectivity index (χ0v) is 21.4. The van der Waals surface area contributed by atoms with Crippen LogP contribution in [0.2, 0.25) is 0 Å². The summed E-state index contributed by atoms with van der Waals surface area (Å²) in [6, 6.07) is 11.6. The van der Waals surface area contributed by atoms with Crippen LogP contribution in [-0.4, -0.2) is 80.8 Å². The molecule has 36 heavy (non-hydrogen) atoms. The van der Waals surface area contributed by atoms with Crippen molar-refractivity contribution in [3.63, 3.8) is 0 Å². The van der Waals surface area contributed by atoms with Crippen LogP contribution < -0.4 is 16.0 Å². The zero-order valence-electron chi connectivity index (χ0n) is 19.8. The number of rotatable bonds is 7. The molecular formula is C24H30N6O4S2. The highest BCUT2D eigenvalue weighted by molar-refractivity contribution is 8.24. The van der Waals surface area contributed by atoms with E-state index >= 15 is 0 Å². The highest BCUT2D eigenvalue weighted by atomic mass is 32.3. The zero-order chi connectivity index (χ0) is 25.1. The van der Waals surface area contributed by atoms with Gasteiger partial charge in [-0.2, -0.15) is 10.6 Å². The van der Waals surface area contributed by atoms with E-state index in [0.29, 0.717) is 66.6 Å². The number of primary amides is 1. The maximum Gasteiger partial charge on any atom is 0.251 e. The van der Waals surface area contributed by atoms with Crippen molar-refractivity contribution >= 4 is 44.3 Å². The molecule has 12 heteroatoms. The monoisotopic (exact) mass is 530 g/mol. The predicted octanol–water partition coefficient (Wildman–Crippen LogP) is 3.45. The average Bonchev–Trinajstić information content (AvgIpc) is 3.29. The third kappa shape index (κ3) is 5.97. The molecule has 0 unspecified atom stereocenters. The van der Waals surface area contributed by atoms with Crippen LogP contribution in [0.1, 0.15) is 16.2 Å². The highest BCUT2D eigenvalue weighted by Gasteiger charge is 2.22. The average molecular weight is 531 g/mol. The van der Waals surface area contributed by atoms with Crippen LogP contribution in [-0.2, 0) is 11.3 Å². The molecule has 2 aromatic heterocycles. The number of anilines is 3. The minimum Gasteiger partial charge on any atom is -0.379 e. The fourth-order valence-electron chi connectivity index (χ4n) is 4.25. The Kier molecular flexibility index (Phi) is 7.42. The molecule has 0 bridgehead atoms. The molecular weight excluding hydrogens is 500 g/mol. The van der Waals surface area contributed by atoms with Gasteiger partial charge in [0.25, 0.3) is 5.91 Å². The van der Waals surface area contributed by atoms with Crippen molar-refractivity contribution in [3.8, 4) is 10.4 Å². The van der Waals surface area contributed by atoms with E-state index in [4.69, 9.17) is 10.5 Å². The molecule has 3 aromatic rings. The molecule has 1 amide bonds. The third-order valence-corrected chi connectivity index (χ3v) is 9.08. The maximum atomic E-state index is 12.2. The molecule has 2 saturated heterocycles. The summed E-state index contributed by atoms with van der Waals surface area (Å²) in [5.41, 5.74) is 8.10. The van der Waals surface area contributed by atoms with Crippen LogP contribution in [0.5, 0.6) is 0 Å². The van der Waals surface area contributed by atoms with E-state index in [9.17, 15) is 13.9 Å². The van der Waals surface area contributed by atoms with E-state index in [1.165, 1.54) is 11.3 Å². The number of morpholine rings is 1. The quantitative estimate of drug-likeness (QED) is 0.362. The minimum atomic E-state index is -2.43. The Labute approximate surface area is 215 Å². The number of hydrogen-bond donors (Lipinski definition) is 4. The lowest BCUT2D eigenvalue weighted by Gasteiger charge is -2.41. The van der Waals surface area contributed by atoms with Gasteiger partial charge in [0.15, 0.2) is 0 Å². The molecule has 0 radical (unpaired) electrons. The van der Waals surface area contributed by atoms with Gasteiger partial charge in [-0.1, -0.05) is 12.1 Å². The molecule has 192 valence electrons. The van der Waals surface area contributed by atoms with Crippen LogP contribution in [0.4, 0.5) is 16.5 Å². The van der Waals surface area contributed by atoms with Crippen molar-refractivity contribution < 1.29 is 18.6 Å². The van der Waals surface area contributed by atoms with Crippen LogP contribution in [0.15, 0.2) is 42.6 Å². The molecule has 2 aliphatic heterocycles. The number of nitrogens with two attached hydrogens (primary N) is 1. The van der Waals surface area contributed by atoms with Gasteiger partial charge < -0.3 is 20.7 Å². The van der Waals surface area contributed by atoms with E-state index in [1.807, 2.05) is 24.3 Å². The van der Waals surface area contributed by atoms with Crippen molar-refractivity contribution in [1.82, 2.24) is 14.9 Å². The fraction of sp³-hybridized carbons (Fsp3) is 0.375. The summed E-state index contributed by atoms with van der Waals surface area (Å²) in [6.45, 7) is 5.00. The molecule has 0 saturated carbocycles. The number of benzene rings is 1. The lowest BCUT2D eigenvalue weighted by Crippen LogP contribution is -2.38. The standard InChI is InChI=1S/C24H30N6O4S2/c25-23(31)19-15-20(17-1-3-18(4-2-17)30-9-13-36(32,33)14-10-30)35-24(19)28-21-5-6-26-22(27-21)16-29-7-11-34-12-8-29/h1-6,15,32-33H,7-14,16H2,(H2,25,31)(H,26,27,28). The van der Waals surface area contributed by atoms with Gasteiger partial charge in [-0.3, -0.25) is 18.8 Å². The van der Waals surface area contributed by atoms with E-state index in [0.717, 1.165) is 29.2 Å². The molecule has 2 fully saturated rings. The van der Waals surface area contributed by atoms with Crippen molar-refractivity contribution in [2.75, 3.05) is 61.1 Å². The van der Waals surface area contributed by atoms with Gasteiger partial charge in [0.2, 0.25) is 0 Å². The number of nitrogens with one attached hydrogen (secondary N) is 1. The fourth-order valence-corrected chi connectivity index (χ4v) is 6.56. The maximum absolute atomic E-state index is 12.2. The molecule has 5 rings (SSSR count). The van der Waals surface area contributed by atoms with Crippen LogP contribution in [0.25, 0.3) is 10.4 Å². The molecule has 0 atom stereocenters. The van der Waals surface area contributed by atoms with Crippen molar-refractivity contribution in [3.05, 3.63) is 54.0 Å². The third-order valence-electron chi connectivity index (χ3n) is 6.31. The Bertz CT molecular complexity index is 1200. The van der Waals surface area contributed by atoms with Crippen LogP contribution >= 0.6 is 21.9 Å². The second-order valence-corrected chi connectivity index (χ2v) is 12.3. The van der Waals surface area contributed by atoms with Crippen LogP contribution in [0.3, 0.4) is 0 Å². The Morgan fingerprint density at radius 2 is 1.83 bits per heavy atom. The lowest BCUT2D eigenvalue weighted by atomic mass is 10.1. The summed E-state index contributed by atoms with van der Waals surface area (Å²) >= 11 is 1.44. The summed E-state index contributed by atoms with van der Waals surface area (Å²) in [5, 5.41) is 3.90. The Hall–Kier alpha value is -2.74. The molecule has 2 aliphatic rings. The summed E-state index contributed by atoms with van der Waals surface area (Å²) < 4.78 is 25.1. The highest BCUT2D eigenvalue weighted by Crippen LogP contribution is 2.42. The first kappa shape index (κ1) is 24.9. The van der Waals surface area contributed by atoms with Gasteiger partial charge in [-0.15, -0.1) is 11.3 Å². The van der Waals surface area contributed by atoms with E-state index < -0.39 is 16.5 Å². The van der Waals surface area contributed by atoms with Crippen molar-refractivity contribution in [2.45, 2.75) is 6.54 Å². The molecule has 10 nitrogen and oxygen atoms in total. The number of nitrogens with zero attached hydrogens (tertiary/aromatic N) is 4. The minimum absolute atomic E-state index is 0.397. The smallest absolute Gasteiger partial charge is 0.251 e. The van der Waals surface area contributed by atoms with Crippen molar-refractivity contribution in [2.24, 2.45) is 5.73 Å². The SMILES string of the molecule is NC(=O)c1cc(-c2ccc(N3CCS(O)(O)CC3)cc2)sc1Nc1ccnc(CN2CCOCC2)n1. The number of ether oxygens (including phenoxy) is 1. The topological polar surface area (TPSA) is 137 Å². The number of carbonyl (C=O) groups is 1. The summed E-state index contributed by atoms with van der Waals surface area (Å²) in [7, 11) is -2.43. The summed E-state index contributed by atoms with van der Waals surface area (Å²) in [4.78, 5) is 26.5. The molecule has 0 spiro atoms. The van der Waals surface area contributed by atoms with Gasteiger partial charge in [0.05, 0.1) is 36.8 Å². The second kappa shape index (κ2) is 10.7. The molecule has 4 heterocycles. The number of carbonyl (C=O) groups excluding carboxylic acids is 1. The van der Waals surface area contributed by atoms with Gasteiger partial charge in [-0.05, 0) is 29.8 Å². The first-order chi connectivity index (χ1) is 17.4. The normalized spacial score (nSPS) is 19.1. The Morgan fingerprint density at radius 3 is 2.53 bits per heavy atom. The van der Waals surface area contributed by atoms with Gasteiger partial charge in [-0.25, -0.2) is 9.97 Å². The number of hydrogen-bond acceptors (Lipinski definition) is 10. The van der Waals surface area contributed by atoms with E-state index in [2.05, 4.69) is 25.1 Å². The lowest BCUT2D eigenvalue weighted by molar-refractivity contribution is 0.0331. The van der Waals surface area contributed by atoms with Crippen LogP contribution in [0, 0.1) is 0 Å². The molecule has 1 aromatic carbocycles. The van der Waals surface area contributed by atoms with Gasteiger partial charge in [0, 0.05) is 42.9 Å². The van der Waals surface area contributed by atoms with Crippen molar-refractivity contribution in [1.29, 1.82) is 0 Å². The number of amides is 1. The number of aromatic nitrogens is 2. The molecule has 0 aliphatic carbocycles.